The van der Waals surface area contributed by atoms with Crippen molar-refractivity contribution in [2.75, 3.05) is 0 Å². The fourth-order valence-electron chi connectivity index (χ4n) is 2.76. The molecule has 0 aromatic carbocycles. The summed E-state index contributed by atoms with van der Waals surface area (Å²) in [5.74, 6) is 0.843. The monoisotopic (exact) mass is 304 g/mol. The van der Waals surface area contributed by atoms with E-state index < -0.39 is 0 Å². The van der Waals surface area contributed by atoms with Crippen LogP contribution in [0.15, 0.2) is 49.1 Å². The third-order valence-electron chi connectivity index (χ3n) is 3.86. The van der Waals surface area contributed by atoms with Crippen LogP contribution < -0.4 is 0 Å². The first-order valence-electron chi connectivity index (χ1n) is 9.17. The maximum Gasteiger partial charge on any atom is -0.0191 e. The highest BCUT2D eigenvalue weighted by Gasteiger charge is 2.19. The van der Waals surface area contributed by atoms with Gasteiger partial charge in [0.1, 0.15) is 0 Å². The van der Waals surface area contributed by atoms with Gasteiger partial charge in [0.05, 0.1) is 0 Å². The van der Waals surface area contributed by atoms with Crippen LogP contribution in [0.4, 0.5) is 0 Å². The molecule has 22 heavy (non-hydrogen) atoms. The second-order valence-electron chi connectivity index (χ2n) is 5.87. The third kappa shape index (κ3) is 11.6. The molecule has 0 N–H and O–H groups in total. The van der Waals surface area contributed by atoms with E-state index in [1.165, 1.54) is 57.8 Å². The van der Waals surface area contributed by atoms with E-state index in [4.69, 9.17) is 0 Å². The first-order valence-corrected chi connectivity index (χ1v) is 9.17. The molecule has 0 radical (unpaired) electrons. The van der Waals surface area contributed by atoms with Crippen molar-refractivity contribution in [2.45, 2.75) is 85.5 Å². The highest BCUT2D eigenvalue weighted by Crippen LogP contribution is 2.36. The molecule has 0 amide bonds. The summed E-state index contributed by atoms with van der Waals surface area (Å²) in [6, 6.07) is 0. The Balaban J connectivity index is 0. The molecule has 0 nitrogen and oxygen atoms in total. The van der Waals surface area contributed by atoms with Crippen molar-refractivity contribution >= 4 is 0 Å². The number of rotatable bonds is 3. The minimum atomic E-state index is 0.843. The van der Waals surface area contributed by atoms with E-state index in [0.29, 0.717) is 0 Å². The predicted molar refractivity (Wildman–Crippen MR) is 105 cm³/mol. The van der Waals surface area contributed by atoms with Gasteiger partial charge < -0.3 is 0 Å². The molecule has 0 heteroatoms. The fraction of sp³-hybridized carbons (Fsp3) is 0.636. The van der Waals surface area contributed by atoms with E-state index in [0.717, 1.165) is 5.92 Å². The zero-order chi connectivity index (χ0) is 17.2. The number of fused-ring (bicyclic) bond motifs is 1. The lowest BCUT2D eigenvalue weighted by atomic mass is 9.79. The molecule has 1 fully saturated rings. The van der Waals surface area contributed by atoms with Gasteiger partial charge in [0.25, 0.3) is 0 Å². The minimum Gasteiger partial charge on any atom is -0.106 e. The van der Waals surface area contributed by atoms with E-state index in [9.17, 15) is 0 Å². The van der Waals surface area contributed by atoms with Gasteiger partial charge in [-0.25, -0.2) is 0 Å². The molecule has 0 aliphatic heterocycles. The minimum absolute atomic E-state index is 0.843. The highest BCUT2D eigenvalue weighted by atomic mass is 14.2. The van der Waals surface area contributed by atoms with Crippen LogP contribution in [0.2, 0.25) is 0 Å². The molecular formula is C22H40. The molecule has 0 aromatic heterocycles. The van der Waals surface area contributed by atoms with Crippen LogP contribution in [0.1, 0.15) is 85.5 Å². The van der Waals surface area contributed by atoms with Gasteiger partial charge in [0.15, 0.2) is 0 Å². The molecule has 0 heterocycles. The van der Waals surface area contributed by atoms with Crippen molar-refractivity contribution in [3.05, 3.63) is 49.1 Å². The Kier molecular flexibility index (Phi) is 19.0. The van der Waals surface area contributed by atoms with Gasteiger partial charge in [-0.1, -0.05) is 64.7 Å². The van der Waals surface area contributed by atoms with Gasteiger partial charge in [-0.3, -0.25) is 0 Å². The summed E-state index contributed by atoms with van der Waals surface area (Å²) >= 11 is 0. The maximum atomic E-state index is 3.36. The second kappa shape index (κ2) is 18.0. The number of hydrogen-bond donors (Lipinski definition) is 0. The molecule has 0 saturated heterocycles. The van der Waals surface area contributed by atoms with Crippen LogP contribution in [-0.4, -0.2) is 0 Å². The molecule has 1 unspecified atom stereocenters. The van der Waals surface area contributed by atoms with Gasteiger partial charge in [-0.05, 0) is 56.1 Å². The standard InChI is InChI=1S/C11H16.C6H14.C3H6.C2H4/c1-9-5-4-7-10-6-2-3-8-11(9)10;1-3-5-6-4-2;1-3-2;1-2/h6,8-9H,2-5,7H2,1H3;3-6H2,1-2H3;3H,1H2,2H3;1-2H2. The molecule has 128 valence electrons. The summed E-state index contributed by atoms with van der Waals surface area (Å²) in [6.07, 6.45) is 18.9. The molecule has 2 rings (SSSR count). The van der Waals surface area contributed by atoms with Crippen molar-refractivity contribution in [2.24, 2.45) is 5.92 Å². The predicted octanol–water partition coefficient (Wildman–Crippen LogP) is 8.03. The average molecular weight is 305 g/mol. The second-order valence-corrected chi connectivity index (χ2v) is 5.87. The van der Waals surface area contributed by atoms with Gasteiger partial charge in [-0.15, -0.1) is 19.7 Å². The molecule has 0 bridgehead atoms. The topological polar surface area (TPSA) is 0 Å². The Labute approximate surface area is 141 Å². The van der Waals surface area contributed by atoms with Crippen LogP contribution in [-0.2, 0) is 0 Å². The summed E-state index contributed by atoms with van der Waals surface area (Å²) in [4.78, 5) is 0. The van der Waals surface area contributed by atoms with Gasteiger partial charge in [0, 0.05) is 0 Å². The zero-order valence-corrected chi connectivity index (χ0v) is 15.8. The maximum absolute atomic E-state index is 3.36. The molecule has 0 aromatic rings. The quantitative estimate of drug-likeness (QED) is 0.365. The van der Waals surface area contributed by atoms with E-state index in [1.54, 1.807) is 17.2 Å². The van der Waals surface area contributed by atoms with Crippen LogP contribution in [0.25, 0.3) is 0 Å². The number of allylic oxidation sites excluding steroid dienone is 5. The molecule has 0 spiro atoms. The lowest BCUT2D eigenvalue weighted by Crippen LogP contribution is -2.10. The van der Waals surface area contributed by atoms with E-state index in [1.807, 2.05) is 6.92 Å². The van der Waals surface area contributed by atoms with Gasteiger partial charge in [-0.2, -0.15) is 0 Å². The molecule has 1 saturated carbocycles. The summed E-state index contributed by atoms with van der Waals surface area (Å²) in [5, 5.41) is 0. The molecule has 2 aliphatic carbocycles. The van der Waals surface area contributed by atoms with Crippen molar-refractivity contribution in [3.63, 3.8) is 0 Å². The number of unbranched alkanes of at least 4 members (excludes halogenated alkanes) is 3. The third-order valence-corrected chi connectivity index (χ3v) is 3.86. The van der Waals surface area contributed by atoms with Gasteiger partial charge >= 0.3 is 0 Å². The Morgan fingerprint density at radius 3 is 2.05 bits per heavy atom. The summed E-state index contributed by atoms with van der Waals surface area (Å²) < 4.78 is 0. The van der Waals surface area contributed by atoms with Crippen molar-refractivity contribution < 1.29 is 0 Å². The molecule has 1 atom stereocenters. The van der Waals surface area contributed by atoms with Crippen molar-refractivity contribution in [1.29, 1.82) is 0 Å². The van der Waals surface area contributed by atoms with E-state index in [2.05, 4.69) is 52.7 Å². The number of hydrogen-bond acceptors (Lipinski definition) is 0. The summed E-state index contributed by atoms with van der Waals surface area (Å²) in [5.41, 5.74) is 3.33. The smallest absolute Gasteiger partial charge is 0.0191 e. The largest absolute Gasteiger partial charge is 0.106 e. The Bertz CT molecular complexity index is 302. The Morgan fingerprint density at radius 1 is 1.09 bits per heavy atom. The average Bonchev–Trinajstić information content (AvgIpc) is 2.57. The molecular weight excluding hydrogens is 264 g/mol. The Hall–Kier alpha value is -1.04. The van der Waals surface area contributed by atoms with Crippen LogP contribution in [0.3, 0.4) is 0 Å². The van der Waals surface area contributed by atoms with Crippen LogP contribution in [0.5, 0.6) is 0 Å². The lowest BCUT2D eigenvalue weighted by Gasteiger charge is -2.27. The highest BCUT2D eigenvalue weighted by molar-refractivity contribution is 5.36. The lowest BCUT2D eigenvalue weighted by molar-refractivity contribution is 0.532. The first kappa shape index (κ1) is 23.2. The zero-order valence-electron chi connectivity index (χ0n) is 15.8. The van der Waals surface area contributed by atoms with Crippen molar-refractivity contribution in [1.82, 2.24) is 0 Å². The van der Waals surface area contributed by atoms with Gasteiger partial charge in [0.2, 0.25) is 0 Å². The van der Waals surface area contributed by atoms with E-state index >= 15 is 0 Å². The van der Waals surface area contributed by atoms with Crippen LogP contribution >= 0.6 is 0 Å². The fourth-order valence-corrected chi connectivity index (χ4v) is 2.76. The van der Waals surface area contributed by atoms with E-state index in [-0.39, 0.29) is 0 Å². The Morgan fingerprint density at radius 2 is 1.59 bits per heavy atom. The summed E-state index contributed by atoms with van der Waals surface area (Å²) in [7, 11) is 0. The SMILES string of the molecule is C=C.C=CC.CC1CCCC2=CCCC=C21.CCCCCC. The molecule has 2 aliphatic rings. The normalized spacial score (nSPS) is 18.5. The first-order chi connectivity index (χ1) is 10.7. The van der Waals surface area contributed by atoms with Crippen molar-refractivity contribution in [3.8, 4) is 0 Å². The summed E-state index contributed by atoms with van der Waals surface area (Å²) in [6.45, 7) is 18.1. The van der Waals surface area contributed by atoms with Crippen LogP contribution in [0, 0.1) is 5.92 Å².